The van der Waals surface area contributed by atoms with Crippen molar-refractivity contribution in [3.05, 3.63) is 32.8 Å². The molecule has 0 aromatic carbocycles. The average molecular weight is 313 g/mol. The number of nitrogens with zero attached hydrogens (tertiary/aromatic N) is 2. The van der Waals surface area contributed by atoms with E-state index in [0.717, 1.165) is 49.6 Å². The molecule has 2 rings (SSSR count). The van der Waals surface area contributed by atoms with Crippen LogP contribution in [-0.2, 0) is 19.4 Å². The Bertz CT molecular complexity index is 535. The molecule has 110 valence electrons. The minimum Gasteiger partial charge on any atom is -0.344 e. The zero-order chi connectivity index (χ0) is 14.4. The Morgan fingerprint density at radius 2 is 2.20 bits per heavy atom. The quantitative estimate of drug-likeness (QED) is 0.733. The van der Waals surface area contributed by atoms with Crippen molar-refractivity contribution in [3.63, 3.8) is 0 Å². The Kier molecular flexibility index (Phi) is 6.01. The number of aromatic amines is 1. The Labute approximate surface area is 129 Å². The normalized spacial score (nSPS) is 11.2. The predicted octanol–water partition coefficient (Wildman–Crippen LogP) is 3.50. The van der Waals surface area contributed by atoms with Crippen LogP contribution in [0.5, 0.6) is 0 Å². The second-order valence-corrected chi connectivity index (χ2v) is 6.17. The summed E-state index contributed by atoms with van der Waals surface area (Å²) in [6, 6.07) is 0. The summed E-state index contributed by atoms with van der Waals surface area (Å²) in [5, 5.41) is 7.23. The van der Waals surface area contributed by atoms with Gasteiger partial charge in [0.25, 0.3) is 0 Å². The summed E-state index contributed by atoms with van der Waals surface area (Å²) in [7, 11) is 0. The first-order valence-corrected chi connectivity index (χ1v) is 8.29. The van der Waals surface area contributed by atoms with Crippen molar-refractivity contribution in [2.45, 2.75) is 46.1 Å². The largest absolute Gasteiger partial charge is 0.344 e. The van der Waals surface area contributed by atoms with Crippen LogP contribution < -0.4 is 5.32 Å². The van der Waals surface area contributed by atoms with Gasteiger partial charge < -0.3 is 10.3 Å². The summed E-state index contributed by atoms with van der Waals surface area (Å²) >= 11 is 7.85. The Morgan fingerprint density at radius 3 is 2.90 bits per heavy atom. The van der Waals surface area contributed by atoms with Gasteiger partial charge in [-0.15, -0.1) is 11.3 Å². The van der Waals surface area contributed by atoms with Crippen LogP contribution in [0, 0.1) is 6.92 Å². The van der Waals surface area contributed by atoms with Crippen LogP contribution in [-0.4, -0.2) is 21.5 Å². The van der Waals surface area contributed by atoms with E-state index < -0.39 is 0 Å². The van der Waals surface area contributed by atoms with Crippen molar-refractivity contribution in [1.29, 1.82) is 0 Å². The molecule has 0 unspecified atom stereocenters. The van der Waals surface area contributed by atoms with Crippen LogP contribution in [0.4, 0.5) is 0 Å². The van der Waals surface area contributed by atoms with Gasteiger partial charge in [-0.25, -0.2) is 9.97 Å². The molecule has 4 nitrogen and oxygen atoms in total. The predicted molar refractivity (Wildman–Crippen MR) is 84.5 cm³/mol. The number of aryl methyl sites for hydroxylation is 2. The number of thiazole rings is 1. The van der Waals surface area contributed by atoms with Gasteiger partial charge in [0.05, 0.1) is 10.7 Å². The van der Waals surface area contributed by atoms with Gasteiger partial charge in [-0.05, 0) is 13.3 Å². The molecule has 2 N–H and O–H groups in total. The van der Waals surface area contributed by atoms with Gasteiger partial charge in [-0.1, -0.05) is 24.9 Å². The second-order valence-electron chi connectivity index (χ2n) is 4.87. The maximum absolute atomic E-state index is 6.13. The van der Waals surface area contributed by atoms with Gasteiger partial charge in [0.1, 0.15) is 5.82 Å². The van der Waals surface area contributed by atoms with Gasteiger partial charge in [-0.2, -0.15) is 0 Å². The molecule has 0 aliphatic carbocycles. The molecule has 0 radical (unpaired) electrons. The lowest BCUT2D eigenvalue weighted by atomic mass is 10.2. The monoisotopic (exact) mass is 312 g/mol. The molecule has 20 heavy (non-hydrogen) atoms. The number of H-pyrrole nitrogens is 1. The number of aromatic nitrogens is 3. The standard InChI is InChI=1S/C14H21ClN4S/c1-3-4-5-12-18-11(14(15)19-12)8-16-7-6-13-17-10(2)9-20-13/h9,16H,3-8H2,1-2H3,(H,18,19). The molecule has 0 aliphatic rings. The van der Waals surface area contributed by atoms with E-state index in [-0.39, 0.29) is 0 Å². The highest BCUT2D eigenvalue weighted by Crippen LogP contribution is 2.14. The molecule has 2 aromatic heterocycles. The van der Waals surface area contributed by atoms with E-state index in [0.29, 0.717) is 5.15 Å². The van der Waals surface area contributed by atoms with Crippen molar-refractivity contribution in [1.82, 2.24) is 20.3 Å². The van der Waals surface area contributed by atoms with E-state index in [1.165, 1.54) is 11.4 Å². The highest BCUT2D eigenvalue weighted by molar-refractivity contribution is 7.09. The Morgan fingerprint density at radius 1 is 1.35 bits per heavy atom. The molecule has 0 atom stereocenters. The molecule has 0 fully saturated rings. The second kappa shape index (κ2) is 7.76. The first kappa shape index (κ1) is 15.5. The lowest BCUT2D eigenvalue weighted by Crippen LogP contribution is -2.17. The van der Waals surface area contributed by atoms with Crippen molar-refractivity contribution < 1.29 is 0 Å². The minimum absolute atomic E-state index is 0.591. The van der Waals surface area contributed by atoms with Crippen LogP contribution in [0.15, 0.2) is 5.38 Å². The fraction of sp³-hybridized carbons (Fsp3) is 0.571. The molecule has 0 saturated heterocycles. The third kappa shape index (κ3) is 4.58. The number of halogens is 1. The number of imidazole rings is 1. The molecule has 0 aliphatic heterocycles. The van der Waals surface area contributed by atoms with Gasteiger partial charge in [0.2, 0.25) is 0 Å². The number of nitrogens with one attached hydrogen (secondary N) is 2. The topological polar surface area (TPSA) is 53.6 Å². The maximum Gasteiger partial charge on any atom is 0.151 e. The smallest absolute Gasteiger partial charge is 0.151 e. The van der Waals surface area contributed by atoms with Crippen LogP contribution >= 0.6 is 22.9 Å². The summed E-state index contributed by atoms with van der Waals surface area (Å²) in [6.45, 7) is 5.82. The fourth-order valence-corrected chi connectivity index (χ4v) is 2.94. The highest BCUT2D eigenvalue weighted by atomic mass is 35.5. The first-order valence-electron chi connectivity index (χ1n) is 7.04. The number of unbranched alkanes of at least 4 members (excludes halogenated alkanes) is 1. The minimum atomic E-state index is 0.591. The summed E-state index contributed by atoms with van der Waals surface area (Å²) < 4.78 is 0. The molecule has 2 aromatic rings. The van der Waals surface area contributed by atoms with Gasteiger partial charge in [0, 0.05) is 37.0 Å². The third-order valence-electron chi connectivity index (χ3n) is 3.03. The van der Waals surface area contributed by atoms with Gasteiger partial charge >= 0.3 is 0 Å². The van der Waals surface area contributed by atoms with Crippen molar-refractivity contribution in [3.8, 4) is 0 Å². The molecule has 0 saturated carbocycles. The average Bonchev–Trinajstić information content (AvgIpc) is 2.99. The molecule has 2 heterocycles. The van der Waals surface area contributed by atoms with Crippen LogP contribution in [0.3, 0.4) is 0 Å². The molecular formula is C14H21ClN4S. The molecule has 0 amide bonds. The first-order chi connectivity index (χ1) is 9.69. The summed E-state index contributed by atoms with van der Waals surface area (Å²) in [5.41, 5.74) is 2.08. The van der Waals surface area contributed by atoms with E-state index in [1.807, 2.05) is 6.92 Å². The molecule has 6 heteroatoms. The number of hydrogen-bond donors (Lipinski definition) is 2. The van der Waals surface area contributed by atoms with Crippen LogP contribution in [0.25, 0.3) is 0 Å². The van der Waals surface area contributed by atoms with E-state index >= 15 is 0 Å². The van der Waals surface area contributed by atoms with Gasteiger partial charge in [0.15, 0.2) is 5.15 Å². The number of hydrogen-bond acceptors (Lipinski definition) is 4. The van der Waals surface area contributed by atoms with E-state index in [9.17, 15) is 0 Å². The van der Waals surface area contributed by atoms with E-state index in [4.69, 9.17) is 11.6 Å². The summed E-state index contributed by atoms with van der Waals surface area (Å²) in [6.07, 6.45) is 4.22. The summed E-state index contributed by atoms with van der Waals surface area (Å²) in [5.74, 6) is 0.990. The SMILES string of the molecule is CCCCc1nc(Cl)c(CNCCc2nc(C)cs2)[nH]1. The zero-order valence-electron chi connectivity index (χ0n) is 12.0. The van der Waals surface area contributed by atoms with Crippen molar-refractivity contribution in [2.75, 3.05) is 6.54 Å². The van der Waals surface area contributed by atoms with Crippen LogP contribution in [0.2, 0.25) is 5.15 Å². The van der Waals surface area contributed by atoms with Crippen molar-refractivity contribution >= 4 is 22.9 Å². The Balaban J connectivity index is 1.74. The van der Waals surface area contributed by atoms with Gasteiger partial charge in [-0.3, -0.25) is 0 Å². The zero-order valence-corrected chi connectivity index (χ0v) is 13.6. The van der Waals surface area contributed by atoms with Crippen LogP contribution in [0.1, 0.15) is 42.0 Å². The molecule has 0 spiro atoms. The maximum atomic E-state index is 6.13. The fourth-order valence-electron chi connectivity index (χ4n) is 1.95. The third-order valence-corrected chi connectivity index (χ3v) is 4.37. The van der Waals surface area contributed by atoms with E-state index in [2.05, 4.69) is 32.6 Å². The lowest BCUT2D eigenvalue weighted by molar-refractivity contribution is 0.672. The molecular weight excluding hydrogens is 292 g/mol. The Hall–Kier alpha value is -0.910. The highest BCUT2D eigenvalue weighted by Gasteiger charge is 2.07. The molecule has 0 bridgehead atoms. The lowest BCUT2D eigenvalue weighted by Gasteiger charge is -2.01. The van der Waals surface area contributed by atoms with Crippen molar-refractivity contribution in [2.24, 2.45) is 0 Å². The summed E-state index contributed by atoms with van der Waals surface area (Å²) in [4.78, 5) is 12.1. The number of rotatable bonds is 8. The van der Waals surface area contributed by atoms with E-state index in [1.54, 1.807) is 11.3 Å².